The minimum absolute atomic E-state index is 0.0639. The van der Waals surface area contributed by atoms with E-state index in [0.717, 1.165) is 4.47 Å². The zero-order valence-corrected chi connectivity index (χ0v) is 11.6. The first kappa shape index (κ1) is 12.8. The number of hydrogen-bond donors (Lipinski definition) is 0. The van der Waals surface area contributed by atoms with Gasteiger partial charge < -0.3 is 0 Å². The number of rotatable bonds is 4. The van der Waals surface area contributed by atoms with E-state index in [1.54, 1.807) is 29.1 Å². The fourth-order valence-corrected chi connectivity index (χ4v) is 2.25. The molecule has 0 atom stereocenters. The van der Waals surface area contributed by atoms with E-state index < -0.39 is 0 Å². The van der Waals surface area contributed by atoms with Gasteiger partial charge in [-0.2, -0.15) is 0 Å². The smallest absolute Gasteiger partial charge is 0.300 e. The van der Waals surface area contributed by atoms with Gasteiger partial charge in [0.2, 0.25) is 0 Å². The van der Waals surface area contributed by atoms with Crippen LogP contribution in [0.25, 0.3) is 0 Å². The van der Waals surface area contributed by atoms with Crippen molar-refractivity contribution in [1.29, 1.82) is 0 Å². The molecule has 0 saturated heterocycles. The monoisotopic (exact) mass is 308 g/mol. The molecule has 0 saturated carbocycles. The number of carbonyl (C=O) groups excluding carboxylic acids is 1. The number of imidazole rings is 1. The lowest BCUT2D eigenvalue weighted by molar-refractivity contribution is 0.0970. The third kappa shape index (κ3) is 2.46. The van der Waals surface area contributed by atoms with E-state index in [9.17, 15) is 9.59 Å². The predicted molar refractivity (Wildman–Crippen MR) is 72.8 cm³/mol. The number of nitrogens with zero attached hydrogens (tertiary/aromatic N) is 2. The van der Waals surface area contributed by atoms with Gasteiger partial charge >= 0.3 is 5.69 Å². The second kappa shape index (κ2) is 5.35. The van der Waals surface area contributed by atoms with Crippen molar-refractivity contribution in [2.24, 2.45) is 0 Å². The molecule has 1 aromatic carbocycles. The van der Waals surface area contributed by atoms with Crippen LogP contribution in [0.2, 0.25) is 0 Å². The molecule has 0 bridgehead atoms. The van der Waals surface area contributed by atoms with Crippen molar-refractivity contribution in [3.63, 3.8) is 0 Å². The van der Waals surface area contributed by atoms with Crippen LogP contribution in [0.1, 0.15) is 17.3 Å². The Balaban J connectivity index is 2.25. The molecule has 1 aromatic heterocycles. The Morgan fingerprint density at radius 3 is 2.50 bits per heavy atom. The molecule has 0 N–H and O–H groups in total. The number of hydrogen-bond acceptors (Lipinski definition) is 2. The Morgan fingerprint density at radius 2 is 1.89 bits per heavy atom. The second-order valence-corrected chi connectivity index (χ2v) is 4.75. The van der Waals surface area contributed by atoms with Crippen LogP contribution in [0.3, 0.4) is 0 Å². The lowest BCUT2D eigenvalue weighted by Crippen LogP contribution is -2.26. The molecule has 2 aromatic rings. The molecule has 94 valence electrons. The third-order valence-electron chi connectivity index (χ3n) is 2.75. The third-order valence-corrected chi connectivity index (χ3v) is 3.44. The lowest BCUT2D eigenvalue weighted by Gasteiger charge is -2.03. The maximum absolute atomic E-state index is 12.1. The second-order valence-electron chi connectivity index (χ2n) is 3.90. The molecular weight excluding hydrogens is 296 g/mol. The molecule has 0 aliphatic heterocycles. The molecule has 0 aliphatic rings. The van der Waals surface area contributed by atoms with Crippen molar-refractivity contribution < 1.29 is 4.79 Å². The molecule has 0 radical (unpaired) electrons. The van der Waals surface area contributed by atoms with Crippen LogP contribution in [0, 0.1) is 0 Å². The molecule has 0 fully saturated rings. The Hall–Kier alpha value is -1.62. The van der Waals surface area contributed by atoms with Crippen LogP contribution in [0.4, 0.5) is 0 Å². The van der Waals surface area contributed by atoms with E-state index in [0.29, 0.717) is 12.1 Å². The predicted octanol–water partition coefficient (Wildman–Crippen LogP) is 2.32. The van der Waals surface area contributed by atoms with Crippen molar-refractivity contribution in [3.8, 4) is 0 Å². The molecule has 2 rings (SSSR count). The van der Waals surface area contributed by atoms with Crippen LogP contribution < -0.4 is 5.69 Å². The van der Waals surface area contributed by atoms with Crippen LogP contribution in [0.5, 0.6) is 0 Å². The van der Waals surface area contributed by atoms with Crippen LogP contribution >= 0.6 is 15.9 Å². The molecule has 0 aliphatic carbocycles. The Morgan fingerprint density at radius 1 is 1.22 bits per heavy atom. The van der Waals surface area contributed by atoms with Gasteiger partial charge in [-0.3, -0.25) is 13.9 Å². The highest BCUT2D eigenvalue weighted by Gasteiger charge is 2.12. The average molecular weight is 309 g/mol. The summed E-state index contributed by atoms with van der Waals surface area (Å²) in [5.74, 6) is -0.0848. The molecular formula is C13H13BrN2O2. The minimum atomic E-state index is -0.155. The largest absolute Gasteiger partial charge is 0.328 e. The fourth-order valence-electron chi connectivity index (χ4n) is 1.74. The Labute approximate surface area is 113 Å². The maximum Gasteiger partial charge on any atom is 0.328 e. The van der Waals surface area contributed by atoms with Gasteiger partial charge in [-0.05, 0) is 13.0 Å². The number of Topliss-reactive ketones (excluding diaryl/α,β-unsaturated/α-hetero) is 1. The van der Waals surface area contributed by atoms with E-state index in [2.05, 4.69) is 15.9 Å². The fraction of sp³-hybridized carbons (Fsp3) is 0.231. The Kier molecular flexibility index (Phi) is 3.81. The molecule has 18 heavy (non-hydrogen) atoms. The summed E-state index contributed by atoms with van der Waals surface area (Å²) in [5.41, 5.74) is 0.437. The van der Waals surface area contributed by atoms with Crippen molar-refractivity contribution in [1.82, 2.24) is 9.13 Å². The van der Waals surface area contributed by atoms with Crippen molar-refractivity contribution in [2.75, 3.05) is 0 Å². The zero-order chi connectivity index (χ0) is 13.1. The summed E-state index contributed by atoms with van der Waals surface area (Å²) in [6.07, 6.45) is 3.33. The van der Waals surface area contributed by atoms with E-state index in [-0.39, 0.29) is 18.0 Å². The van der Waals surface area contributed by atoms with Gasteiger partial charge in [0.1, 0.15) is 0 Å². The van der Waals surface area contributed by atoms with Gasteiger partial charge in [0.15, 0.2) is 5.78 Å². The summed E-state index contributed by atoms with van der Waals surface area (Å²) in [6, 6.07) is 7.21. The zero-order valence-electron chi connectivity index (χ0n) is 9.97. The summed E-state index contributed by atoms with van der Waals surface area (Å²) in [7, 11) is 0. The molecule has 0 unspecified atom stereocenters. The maximum atomic E-state index is 12.1. The summed E-state index contributed by atoms with van der Waals surface area (Å²) >= 11 is 3.33. The lowest BCUT2D eigenvalue weighted by atomic mass is 10.1. The van der Waals surface area contributed by atoms with Gasteiger partial charge in [-0.15, -0.1) is 0 Å². The highest BCUT2D eigenvalue weighted by Crippen LogP contribution is 2.16. The van der Waals surface area contributed by atoms with Crippen LogP contribution in [-0.4, -0.2) is 14.9 Å². The number of halogens is 1. The molecule has 1 heterocycles. The van der Waals surface area contributed by atoms with Gasteiger partial charge in [0, 0.05) is 29.0 Å². The first-order valence-corrected chi connectivity index (χ1v) is 6.46. The van der Waals surface area contributed by atoms with Crippen molar-refractivity contribution >= 4 is 21.7 Å². The van der Waals surface area contributed by atoms with Crippen LogP contribution in [-0.2, 0) is 13.1 Å². The molecule has 5 heteroatoms. The number of aryl methyl sites for hydroxylation is 1. The van der Waals surface area contributed by atoms with E-state index in [1.807, 2.05) is 19.1 Å². The van der Waals surface area contributed by atoms with Gasteiger partial charge in [0.25, 0.3) is 0 Å². The summed E-state index contributed by atoms with van der Waals surface area (Å²) in [4.78, 5) is 23.9. The molecule has 4 nitrogen and oxygen atoms in total. The highest BCUT2D eigenvalue weighted by atomic mass is 79.9. The topological polar surface area (TPSA) is 44.0 Å². The van der Waals surface area contributed by atoms with Gasteiger partial charge in [-0.1, -0.05) is 34.1 Å². The standard InChI is InChI=1S/C13H13BrN2O2/c1-2-15-7-8-16(13(15)18)9-12(17)10-5-3-4-6-11(10)14/h3-8H,2,9H2,1H3. The van der Waals surface area contributed by atoms with Gasteiger partial charge in [-0.25, -0.2) is 4.79 Å². The number of benzene rings is 1. The van der Waals surface area contributed by atoms with Crippen molar-refractivity contribution in [2.45, 2.75) is 20.0 Å². The SMILES string of the molecule is CCn1ccn(CC(=O)c2ccccc2Br)c1=O. The average Bonchev–Trinajstić information content (AvgIpc) is 2.71. The number of ketones is 1. The quantitative estimate of drug-likeness (QED) is 0.814. The minimum Gasteiger partial charge on any atom is -0.300 e. The normalized spacial score (nSPS) is 10.6. The van der Waals surface area contributed by atoms with E-state index in [1.165, 1.54) is 4.57 Å². The summed E-state index contributed by atoms with van der Waals surface area (Å²) < 4.78 is 3.73. The van der Waals surface area contributed by atoms with Gasteiger partial charge in [0.05, 0.1) is 6.54 Å². The van der Waals surface area contributed by atoms with Crippen molar-refractivity contribution in [3.05, 3.63) is 57.2 Å². The summed E-state index contributed by atoms with van der Waals surface area (Å²) in [6.45, 7) is 2.56. The Bertz CT molecular complexity index is 628. The first-order chi connectivity index (χ1) is 8.63. The van der Waals surface area contributed by atoms with E-state index >= 15 is 0 Å². The first-order valence-electron chi connectivity index (χ1n) is 5.66. The number of carbonyl (C=O) groups is 1. The molecule has 0 spiro atoms. The highest BCUT2D eigenvalue weighted by molar-refractivity contribution is 9.10. The van der Waals surface area contributed by atoms with Crippen LogP contribution in [0.15, 0.2) is 45.9 Å². The van der Waals surface area contributed by atoms with E-state index in [4.69, 9.17) is 0 Å². The molecule has 0 amide bonds. The number of aromatic nitrogens is 2. The summed E-state index contributed by atoms with van der Waals surface area (Å²) in [5, 5.41) is 0.